The maximum absolute atomic E-state index is 13.4. The molecule has 0 saturated carbocycles. The second-order valence-corrected chi connectivity index (χ2v) is 5.43. The molecule has 0 aliphatic carbocycles. The molecule has 1 heterocycles. The number of esters is 1. The minimum Gasteiger partial charge on any atom is -0.468 e. The van der Waals surface area contributed by atoms with Gasteiger partial charge in [-0.25, -0.2) is 9.07 Å². The van der Waals surface area contributed by atoms with Crippen molar-refractivity contribution in [2.24, 2.45) is 0 Å². The van der Waals surface area contributed by atoms with E-state index in [1.165, 1.54) is 34.9 Å². The highest BCUT2D eigenvalue weighted by Gasteiger charge is 2.23. The molecule has 3 rings (SSSR count). The molecular formula is C19H16FN3O3. The van der Waals surface area contributed by atoms with Crippen molar-refractivity contribution >= 4 is 17.6 Å². The zero-order valence-corrected chi connectivity index (χ0v) is 14.0. The molecule has 0 N–H and O–H groups in total. The van der Waals surface area contributed by atoms with Crippen molar-refractivity contribution in [1.29, 1.82) is 0 Å². The number of aromatic nitrogens is 2. The molecule has 0 fully saturated rings. The lowest BCUT2D eigenvalue weighted by molar-refractivity contribution is -0.138. The Morgan fingerprint density at radius 2 is 1.88 bits per heavy atom. The van der Waals surface area contributed by atoms with Crippen LogP contribution in [0.3, 0.4) is 0 Å². The lowest BCUT2D eigenvalue weighted by Gasteiger charge is -2.20. The molecule has 0 bridgehead atoms. The van der Waals surface area contributed by atoms with Crippen molar-refractivity contribution in [3.63, 3.8) is 0 Å². The third-order valence-electron chi connectivity index (χ3n) is 3.71. The first kappa shape index (κ1) is 17.3. The van der Waals surface area contributed by atoms with Crippen LogP contribution >= 0.6 is 0 Å². The smallest absolute Gasteiger partial charge is 0.325 e. The van der Waals surface area contributed by atoms with E-state index in [1.807, 2.05) is 6.07 Å². The minimum atomic E-state index is -0.549. The Balaban J connectivity index is 1.91. The van der Waals surface area contributed by atoms with Crippen molar-refractivity contribution in [3.05, 3.63) is 78.4 Å². The summed E-state index contributed by atoms with van der Waals surface area (Å²) < 4.78 is 19.5. The molecule has 7 heteroatoms. The monoisotopic (exact) mass is 353 g/mol. The number of para-hydroxylation sites is 1. The van der Waals surface area contributed by atoms with Gasteiger partial charge in [0.25, 0.3) is 5.91 Å². The van der Waals surface area contributed by atoms with Gasteiger partial charge in [-0.1, -0.05) is 24.3 Å². The summed E-state index contributed by atoms with van der Waals surface area (Å²) >= 11 is 0. The van der Waals surface area contributed by atoms with Gasteiger partial charge in [0.15, 0.2) is 5.69 Å². The van der Waals surface area contributed by atoms with E-state index < -0.39 is 17.7 Å². The molecule has 0 atom stereocenters. The average molecular weight is 353 g/mol. The van der Waals surface area contributed by atoms with Crippen LogP contribution < -0.4 is 4.90 Å². The van der Waals surface area contributed by atoms with Gasteiger partial charge in [0, 0.05) is 11.9 Å². The summed E-state index contributed by atoms with van der Waals surface area (Å²) in [5, 5.41) is 4.21. The number of halogens is 1. The van der Waals surface area contributed by atoms with Crippen LogP contribution in [-0.4, -0.2) is 35.3 Å². The summed E-state index contributed by atoms with van der Waals surface area (Å²) in [6.45, 7) is -0.244. The summed E-state index contributed by atoms with van der Waals surface area (Å²) in [6.07, 6.45) is 1.56. The molecule has 0 spiro atoms. The topological polar surface area (TPSA) is 64.4 Å². The Kier molecular flexibility index (Phi) is 5.07. The molecule has 1 aromatic heterocycles. The van der Waals surface area contributed by atoms with E-state index in [-0.39, 0.29) is 12.2 Å². The van der Waals surface area contributed by atoms with E-state index in [0.717, 1.165) is 0 Å². The Bertz CT molecular complexity index is 925. The molecule has 0 radical (unpaired) electrons. The highest BCUT2D eigenvalue weighted by molar-refractivity contribution is 6.07. The first-order valence-corrected chi connectivity index (χ1v) is 7.84. The van der Waals surface area contributed by atoms with Crippen LogP contribution in [0.1, 0.15) is 10.5 Å². The third kappa shape index (κ3) is 3.77. The first-order chi connectivity index (χ1) is 12.6. The van der Waals surface area contributed by atoms with E-state index in [9.17, 15) is 14.0 Å². The number of amides is 1. The Labute approximate surface area is 149 Å². The van der Waals surface area contributed by atoms with Crippen LogP contribution in [0.25, 0.3) is 5.69 Å². The SMILES string of the molecule is COC(=O)CN(C(=O)c1ccn(-c2cccc(F)c2)n1)c1ccccc1. The normalized spacial score (nSPS) is 10.4. The molecule has 0 saturated heterocycles. The van der Waals surface area contributed by atoms with Crippen molar-refractivity contribution in [2.45, 2.75) is 0 Å². The lowest BCUT2D eigenvalue weighted by Crippen LogP contribution is -2.36. The van der Waals surface area contributed by atoms with E-state index in [2.05, 4.69) is 9.84 Å². The molecule has 0 unspecified atom stereocenters. The van der Waals surface area contributed by atoms with Gasteiger partial charge >= 0.3 is 5.97 Å². The number of benzene rings is 2. The van der Waals surface area contributed by atoms with Crippen LogP contribution in [0.2, 0.25) is 0 Å². The summed E-state index contributed by atoms with van der Waals surface area (Å²) in [6, 6.07) is 16.1. The van der Waals surface area contributed by atoms with Gasteiger partial charge < -0.3 is 4.74 Å². The standard InChI is InChI=1S/C19H16FN3O3/c1-26-18(24)13-22(15-7-3-2-4-8-15)19(25)17-10-11-23(21-17)16-9-5-6-14(20)12-16/h2-12H,13H2,1H3. The number of rotatable bonds is 5. The quantitative estimate of drug-likeness (QED) is 0.662. The molecule has 6 nitrogen and oxygen atoms in total. The number of carbonyl (C=O) groups excluding carboxylic acids is 2. The summed E-state index contributed by atoms with van der Waals surface area (Å²) in [7, 11) is 1.26. The fraction of sp³-hybridized carbons (Fsp3) is 0.105. The van der Waals surface area contributed by atoms with E-state index in [4.69, 9.17) is 0 Å². The van der Waals surface area contributed by atoms with Gasteiger partial charge in [-0.2, -0.15) is 5.10 Å². The van der Waals surface area contributed by atoms with E-state index >= 15 is 0 Å². The fourth-order valence-corrected chi connectivity index (χ4v) is 2.42. The summed E-state index contributed by atoms with van der Waals surface area (Å²) in [4.78, 5) is 25.9. The Hall–Kier alpha value is -3.48. The van der Waals surface area contributed by atoms with Crippen molar-refractivity contribution in [1.82, 2.24) is 9.78 Å². The number of ether oxygens (including phenoxy) is 1. The maximum Gasteiger partial charge on any atom is 0.325 e. The van der Waals surface area contributed by atoms with Crippen LogP contribution in [0, 0.1) is 5.82 Å². The molecule has 1 amide bonds. The molecule has 0 aliphatic heterocycles. The molecule has 26 heavy (non-hydrogen) atoms. The summed E-state index contributed by atoms with van der Waals surface area (Å²) in [5.74, 6) is -1.41. The lowest BCUT2D eigenvalue weighted by atomic mass is 10.2. The number of carbonyl (C=O) groups is 2. The number of hydrogen-bond donors (Lipinski definition) is 0. The zero-order chi connectivity index (χ0) is 18.5. The predicted octanol–water partition coefficient (Wildman–Crippen LogP) is 2.83. The maximum atomic E-state index is 13.4. The first-order valence-electron chi connectivity index (χ1n) is 7.84. The van der Waals surface area contributed by atoms with Crippen molar-refractivity contribution < 1.29 is 18.7 Å². The van der Waals surface area contributed by atoms with Crippen LogP contribution in [0.5, 0.6) is 0 Å². The Morgan fingerprint density at radius 3 is 2.58 bits per heavy atom. The third-order valence-corrected chi connectivity index (χ3v) is 3.71. The minimum absolute atomic E-state index is 0.127. The second kappa shape index (κ2) is 7.60. The number of anilines is 1. The van der Waals surface area contributed by atoms with Gasteiger partial charge in [0.05, 0.1) is 12.8 Å². The fourth-order valence-electron chi connectivity index (χ4n) is 2.42. The van der Waals surface area contributed by atoms with Crippen molar-refractivity contribution in [3.8, 4) is 5.69 Å². The number of hydrogen-bond acceptors (Lipinski definition) is 4. The van der Waals surface area contributed by atoms with Gasteiger partial charge in [-0.15, -0.1) is 0 Å². The average Bonchev–Trinajstić information content (AvgIpc) is 3.16. The molecule has 2 aromatic carbocycles. The molecular weight excluding hydrogens is 337 g/mol. The van der Waals surface area contributed by atoms with Gasteiger partial charge in [0.1, 0.15) is 12.4 Å². The highest BCUT2D eigenvalue weighted by Crippen LogP contribution is 2.17. The zero-order valence-electron chi connectivity index (χ0n) is 14.0. The van der Waals surface area contributed by atoms with Crippen molar-refractivity contribution in [2.75, 3.05) is 18.6 Å². The molecule has 132 valence electrons. The van der Waals surface area contributed by atoms with Crippen LogP contribution in [0.15, 0.2) is 66.9 Å². The van der Waals surface area contributed by atoms with Gasteiger partial charge in [0.2, 0.25) is 0 Å². The molecule has 3 aromatic rings. The van der Waals surface area contributed by atoms with Gasteiger partial charge in [-0.3, -0.25) is 14.5 Å². The largest absolute Gasteiger partial charge is 0.468 e. The summed E-state index contributed by atoms with van der Waals surface area (Å²) in [5.41, 5.74) is 1.16. The van der Waals surface area contributed by atoms with Crippen LogP contribution in [-0.2, 0) is 9.53 Å². The predicted molar refractivity (Wildman–Crippen MR) is 93.7 cm³/mol. The van der Waals surface area contributed by atoms with E-state index in [1.54, 1.807) is 42.6 Å². The highest BCUT2D eigenvalue weighted by atomic mass is 19.1. The molecule has 0 aliphatic rings. The van der Waals surface area contributed by atoms with Crippen LogP contribution in [0.4, 0.5) is 10.1 Å². The second-order valence-electron chi connectivity index (χ2n) is 5.43. The number of nitrogens with zero attached hydrogens (tertiary/aromatic N) is 3. The van der Waals surface area contributed by atoms with E-state index in [0.29, 0.717) is 11.4 Å². The number of methoxy groups -OCH3 is 1. The van der Waals surface area contributed by atoms with Gasteiger partial charge in [-0.05, 0) is 36.4 Å². The Morgan fingerprint density at radius 1 is 1.12 bits per heavy atom.